The van der Waals surface area contributed by atoms with Crippen LogP contribution in [-0.4, -0.2) is 46.5 Å². The molecule has 2 saturated heterocycles. The summed E-state index contributed by atoms with van der Waals surface area (Å²) in [4.78, 5) is 35.7. The largest absolute Gasteiger partial charge is 0.337 e. The fourth-order valence-electron chi connectivity index (χ4n) is 6.03. The SMILES string of the molecule is CCc1cccc(CC)c1-n1c(C=C(C)C)c(C(=O)N2CC3(CNC3)C2)cc(-c2nc(-c3ccc(Cl)cc3)cs2)c1=O. The second kappa shape index (κ2) is 11.3. The van der Waals surface area contributed by atoms with Gasteiger partial charge in [-0.25, -0.2) is 4.98 Å². The first-order valence-electron chi connectivity index (χ1n) is 14.5. The molecule has 6 nitrogen and oxygen atoms in total. The molecule has 1 N–H and O–H groups in total. The number of carbonyl (C=O) groups is 1. The Bertz CT molecular complexity index is 1730. The molecule has 2 aliphatic rings. The van der Waals surface area contributed by atoms with Crippen LogP contribution in [0.5, 0.6) is 0 Å². The third-order valence-electron chi connectivity index (χ3n) is 8.30. The fraction of sp³-hybridized carbons (Fsp3) is 0.324. The standard InChI is InChI=1S/C34H35ClN4O2S/c1-5-22-8-7-9-23(6-2)30(22)39-29(14-21(3)4)26(32(40)38-19-34(20-38)17-36-18-34)15-27(33(39)41)31-37-28(16-42-31)24-10-12-25(35)13-11-24/h7-16,36H,5-6,17-20H2,1-4H3. The molecule has 216 valence electrons. The molecule has 2 aliphatic heterocycles. The second-order valence-electron chi connectivity index (χ2n) is 11.7. The summed E-state index contributed by atoms with van der Waals surface area (Å²) in [5.41, 5.74) is 7.33. The minimum atomic E-state index is -0.171. The van der Waals surface area contributed by atoms with Crippen LogP contribution in [0.15, 0.2) is 64.3 Å². The van der Waals surface area contributed by atoms with Gasteiger partial charge < -0.3 is 10.2 Å². The van der Waals surface area contributed by atoms with Gasteiger partial charge in [-0.1, -0.05) is 61.4 Å². The second-order valence-corrected chi connectivity index (χ2v) is 13.0. The van der Waals surface area contributed by atoms with Crippen molar-refractivity contribution in [1.29, 1.82) is 0 Å². The molecule has 8 heteroatoms. The number of benzene rings is 2. The number of thiazole rings is 1. The van der Waals surface area contributed by atoms with Crippen LogP contribution in [0.25, 0.3) is 33.6 Å². The van der Waals surface area contributed by atoms with E-state index in [1.165, 1.54) is 11.3 Å². The molecule has 0 aliphatic carbocycles. The maximum absolute atomic E-state index is 14.6. The minimum Gasteiger partial charge on any atom is -0.337 e. The van der Waals surface area contributed by atoms with Crippen LogP contribution < -0.4 is 10.9 Å². The van der Waals surface area contributed by atoms with E-state index in [4.69, 9.17) is 16.6 Å². The Balaban J connectivity index is 1.59. The van der Waals surface area contributed by atoms with Crippen molar-refractivity contribution in [2.45, 2.75) is 40.5 Å². The molecule has 2 aromatic carbocycles. The lowest BCUT2D eigenvalue weighted by Gasteiger charge is -2.56. The van der Waals surface area contributed by atoms with E-state index in [1.807, 2.05) is 60.5 Å². The van der Waals surface area contributed by atoms with Gasteiger partial charge in [-0.15, -0.1) is 11.3 Å². The number of likely N-dealkylation sites (tertiary alicyclic amines) is 1. The monoisotopic (exact) mass is 598 g/mol. The predicted octanol–water partition coefficient (Wildman–Crippen LogP) is 6.87. The Hall–Kier alpha value is -3.52. The van der Waals surface area contributed by atoms with Crippen LogP contribution in [0.2, 0.25) is 5.02 Å². The van der Waals surface area contributed by atoms with Crippen LogP contribution >= 0.6 is 22.9 Å². The number of rotatable bonds is 7. The number of hydrogen-bond donors (Lipinski definition) is 1. The lowest BCUT2D eigenvalue weighted by molar-refractivity contribution is -0.0248. The quantitative estimate of drug-likeness (QED) is 0.252. The molecule has 1 spiro atoms. The van der Waals surface area contributed by atoms with E-state index in [9.17, 15) is 9.59 Å². The number of amides is 1. The summed E-state index contributed by atoms with van der Waals surface area (Å²) >= 11 is 7.53. The Morgan fingerprint density at radius 3 is 2.31 bits per heavy atom. The lowest BCUT2D eigenvalue weighted by atomic mass is 9.74. The number of aromatic nitrogens is 2. The highest BCUT2D eigenvalue weighted by molar-refractivity contribution is 7.13. The Morgan fingerprint density at radius 2 is 1.74 bits per heavy atom. The van der Waals surface area contributed by atoms with E-state index in [2.05, 4.69) is 31.3 Å². The Kier molecular flexibility index (Phi) is 7.68. The topological polar surface area (TPSA) is 67.2 Å². The number of nitrogens with one attached hydrogen (secondary N) is 1. The molecular formula is C34H35ClN4O2S. The maximum atomic E-state index is 14.6. The summed E-state index contributed by atoms with van der Waals surface area (Å²) in [6, 6.07) is 15.5. The number of allylic oxidation sites excluding steroid dienone is 1. The van der Waals surface area contributed by atoms with Gasteiger partial charge in [0.05, 0.1) is 28.2 Å². The van der Waals surface area contributed by atoms with Gasteiger partial charge in [-0.2, -0.15) is 0 Å². The normalized spacial score (nSPS) is 15.3. The molecule has 0 unspecified atom stereocenters. The molecular weight excluding hydrogens is 564 g/mol. The van der Waals surface area contributed by atoms with Gasteiger partial charge in [0.2, 0.25) is 0 Å². The maximum Gasteiger partial charge on any atom is 0.265 e. The van der Waals surface area contributed by atoms with E-state index in [-0.39, 0.29) is 16.9 Å². The van der Waals surface area contributed by atoms with E-state index in [0.717, 1.165) is 72.7 Å². The van der Waals surface area contributed by atoms with E-state index in [0.29, 0.717) is 26.9 Å². The van der Waals surface area contributed by atoms with Gasteiger partial charge in [0.15, 0.2) is 0 Å². The predicted molar refractivity (Wildman–Crippen MR) is 173 cm³/mol. The van der Waals surface area contributed by atoms with Crippen molar-refractivity contribution in [3.05, 3.63) is 97.2 Å². The first kappa shape index (κ1) is 28.6. The third-order valence-corrected chi connectivity index (χ3v) is 9.43. The van der Waals surface area contributed by atoms with Crippen LogP contribution in [0.4, 0.5) is 0 Å². The molecule has 0 radical (unpaired) electrons. The molecule has 1 amide bonds. The highest BCUT2D eigenvalue weighted by atomic mass is 35.5. The van der Waals surface area contributed by atoms with Crippen molar-refractivity contribution in [2.75, 3.05) is 26.2 Å². The molecule has 4 heterocycles. The van der Waals surface area contributed by atoms with Crippen LogP contribution in [0, 0.1) is 5.41 Å². The zero-order valence-electron chi connectivity index (χ0n) is 24.5. The summed E-state index contributed by atoms with van der Waals surface area (Å²) in [7, 11) is 0. The summed E-state index contributed by atoms with van der Waals surface area (Å²) in [6.07, 6.45) is 3.50. The van der Waals surface area contributed by atoms with Gasteiger partial charge >= 0.3 is 0 Å². The van der Waals surface area contributed by atoms with Gasteiger partial charge in [-0.3, -0.25) is 14.2 Å². The fourth-order valence-corrected chi connectivity index (χ4v) is 6.99. The number of nitrogens with zero attached hydrogens (tertiary/aromatic N) is 3. The van der Waals surface area contributed by atoms with Crippen molar-refractivity contribution < 1.29 is 4.79 Å². The number of carbonyl (C=O) groups excluding carboxylic acids is 1. The van der Waals surface area contributed by atoms with Crippen LogP contribution in [-0.2, 0) is 12.8 Å². The molecule has 2 fully saturated rings. The zero-order valence-corrected chi connectivity index (χ0v) is 26.0. The number of para-hydroxylation sites is 1. The third kappa shape index (κ3) is 5.04. The Morgan fingerprint density at radius 1 is 1.07 bits per heavy atom. The Labute approximate surface area is 255 Å². The average molecular weight is 599 g/mol. The highest BCUT2D eigenvalue weighted by Gasteiger charge is 2.49. The van der Waals surface area contributed by atoms with Crippen LogP contribution in [0.3, 0.4) is 0 Å². The van der Waals surface area contributed by atoms with Crippen LogP contribution in [0.1, 0.15) is 54.9 Å². The van der Waals surface area contributed by atoms with E-state index in [1.54, 1.807) is 10.6 Å². The molecule has 0 atom stereocenters. The highest BCUT2D eigenvalue weighted by Crippen LogP contribution is 2.37. The van der Waals surface area contributed by atoms with E-state index >= 15 is 0 Å². The molecule has 6 rings (SSSR count). The summed E-state index contributed by atoms with van der Waals surface area (Å²) in [5.74, 6) is -0.0449. The molecule has 0 saturated carbocycles. The van der Waals surface area contributed by atoms with Gasteiger partial charge in [0.25, 0.3) is 11.5 Å². The van der Waals surface area contributed by atoms with Crippen molar-refractivity contribution in [3.8, 4) is 27.5 Å². The van der Waals surface area contributed by atoms with Crippen molar-refractivity contribution in [3.63, 3.8) is 0 Å². The summed E-state index contributed by atoms with van der Waals surface area (Å²) < 4.78 is 1.79. The van der Waals surface area contributed by atoms with Crippen molar-refractivity contribution in [1.82, 2.24) is 19.8 Å². The zero-order chi connectivity index (χ0) is 29.6. The first-order chi connectivity index (χ1) is 20.2. The average Bonchev–Trinajstić information content (AvgIpc) is 3.41. The number of aryl methyl sites for hydroxylation is 2. The first-order valence-corrected chi connectivity index (χ1v) is 15.8. The number of pyridine rings is 1. The van der Waals surface area contributed by atoms with E-state index < -0.39 is 0 Å². The van der Waals surface area contributed by atoms with Gasteiger partial charge in [-0.05, 0) is 62.1 Å². The van der Waals surface area contributed by atoms with Gasteiger partial charge in [0.1, 0.15) is 5.01 Å². The molecule has 0 bridgehead atoms. The lowest BCUT2D eigenvalue weighted by Crippen LogP contribution is -2.72. The minimum absolute atomic E-state index is 0.0449. The molecule has 4 aromatic rings. The summed E-state index contributed by atoms with van der Waals surface area (Å²) in [6.45, 7) is 11.5. The summed E-state index contributed by atoms with van der Waals surface area (Å²) in [5, 5.41) is 6.54. The van der Waals surface area contributed by atoms with Crippen molar-refractivity contribution >= 4 is 34.9 Å². The van der Waals surface area contributed by atoms with Gasteiger partial charge in [0, 0.05) is 47.6 Å². The van der Waals surface area contributed by atoms with Crippen molar-refractivity contribution in [2.24, 2.45) is 5.41 Å². The molecule has 42 heavy (non-hydrogen) atoms. The molecule has 2 aromatic heterocycles. The number of halogens is 1. The number of hydrogen-bond acceptors (Lipinski definition) is 5. The smallest absolute Gasteiger partial charge is 0.265 e.